The van der Waals surface area contributed by atoms with Crippen LogP contribution >= 0.6 is 0 Å². The van der Waals surface area contributed by atoms with Crippen LogP contribution in [0.1, 0.15) is 68.6 Å². The van der Waals surface area contributed by atoms with Gasteiger partial charge in [-0.2, -0.15) is 5.01 Å². The summed E-state index contributed by atoms with van der Waals surface area (Å²) in [4.78, 5) is 57.5. The minimum absolute atomic E-state index is 0.0989. The fraction of sp³-hybridized carbons (Fsp3) is 0.333. The Hall–Kier alpha value is -4.86. The number of nitrogens with zero attached hydrogens (tertiary/aromatic N) is 2. The summed E-state index contributed by atoms with van der Waals surface area (Å²) in [7, 11) is 1.46. The Balaban J connectivity index is 2.06. The smallest absolute Gasteiger partial charge is 0.431 e. The summed E-state index contributed by atoms with van der Waals surface area (Å²) >= 11 is 0. The highest BCUT2D eigenvalue weighted by Gasteiger charge is 2.59. The summed E-state index contributed by atoms with van der Waals surface area (Å²) in [6.45, 7) is 9.91. The molecule has 0 aliphatic carbocycles. The molecule has 0 saturated carbocycles. The highest BCUT2D eigenvalue weighted by Crippen LogP contribution is 2.44. The number of hydrazine groups is 1. The minimum atomic E-state index is -2.09. The maximum Gasteiger partial charge on any atom is 0.431 e. The van der Waals surface area contributed by atoms with Crippen molar-refractivity contribution in [2.75, 3.05) is 7.11 Å². The third-order valence-electron chi connectivity index (χ3n) is 6.54. The van der Waals surface area contributed by atoms with Crippen LogP contribution in [0.5, 0.6) is 5.75 Å². The molecule has 3 aromatic carbocycles. The highest BCUT2D eigenvalue weighted by atomic mass is 16.6. The van der Waals surface area contributed by atoms with Crippen LogP contribution in [0, 0.1) is 0 Å². The first-order chi connectivity index (χ1) is 20.2. The van der Waals surface area contributed by atoms with Crippen LogP contribution in [0.15, 0.2) is 78.9 Å². The first-order valence-corrected chi connectivity index (χ1v) is 13.8. The second kappa shape index (κ2) is 11.8. The molecule has 0 aromatic heterocycles. The van der Waals surface area contributed by atoms with Crippen molar-refractivity contribution in [2.24, 2.45) is 0 Å². The molecular weight excluding hydrogens is 550 g/mol. The molecule has 1 heterocycles. The van der Waals surface area contributed by atoms with Crippen molar-refractivity contribution in [1.82, 2.24) is 15.3 Å². The van der Waals surface area contributed by atoms with Crippen LogP contribution in [0.4, 0.5) is 9.59 Å². The predicted molar refractivity (Wildman–Crippen MR) is 159 cm³/mol. The van der Waals surface area contributed by atoms with E-state index in [1.165, 1.54) is 13.2 Å². The number of methoxy groups -OCH3 is 1. The molecule has 4 rings (SSSR count). The first kappa shape index (κ1) is 31.1. The van der Waals surface area contributed by atoms with Crippen molar-refractivity contribution >= 4 is 24.0 Å². The van der Waals surface area contributed by atoms with E-state index in [2.05, 4.69) is 5.43 Å². The van der Waals surface area contributed by atoms with Gasteiger partial charge in [0.05, 0.1) is 19.2 Å². The Labute approximate surface area is 251 Å². The largest absolute Gasteiger partial charge is 0.497 e. The Morgan fingerprint density at radius 1 is 0.837 bits per heavy atom. The van der Waals surface area contributed by atoms with Gasteiger partial charge in [-0.15, -0.1) is 0 Å². The van der Waals surface area contributed by atoms with Gasteiger partial charge >= 0.3 is 12.2 Å². The van der Waals surface area contributed by atoms with Gasteiger partial charge in [-0.3, -0.25) is 14.5 Å². The zero-order valence-electron chi connectivity index (χ0n) is 25.5. The van der Waals surface area contributed by atoms with Crippen molar-refractivity contribution in [3.8, 4) is 5.75 Å². The van der Waals surface area contributed by atoms with Crippen LogP contribution in [-0.4, -0.2) is 52.2 Å². The Morgan fingerprint density at radius 3 is 1.98 bits per heavy atom. The van der Waals surface area contributed by atoms with Crippen LogP contribution in [0.25, 0.3) is 0 Å². The maximum atomic E-state index is 15.0. The van der Waals surface area contributed by atoms with Crippen molar-refractivity contribution in [3.05, 3.63) is 101 Å². The number of hydrogen-bond donors (Lipinski definition) is 1. The second-order valence-electron chi connectivity index (χ2n) is 12.1. The average Bonchev–Trinajstić information content (AvgIpc) is 2.94. The molecule has 10 heteroatoms. The zero-order valence-corrected chi connectivity index (χ0v) is 25.5. The summed E-state index contributed by atoms with van der Waals surface area (Å²) in [5.41, 5.74) is -0.272. The number of benzene rings is 3. The second-order valence-corrected chi connectivity index (χ2v) is 12.1. The molecule has 10 nitrogen and oxygen atoms in total. The van der Waals surface area contributed by atoms with Gasteiger partial charge in [0, 0.05) is 5.56 Å². The Morgan fingerprint density at radius 2 is 1.42 bits per heavy atom. The van der Waals surface area contributed by atoms with Gasteiger partial charge in [-0.1, -0.05) is 66.7 Å². The summed E-state index contributed by atoms with van der Waals surface area (Å²) in [5, 5.41) is 0.833. The molecule has 1 N–H and O–H groups in total. The molecule has 43 heavy (non-hydrogen) atoms. The zero-order chi connectivity index (χ0) is 31.6. The molecule has 0 spiro atoms. The molecule has 0 saturated heterocycles. The monoisotopic (exact) mass is 587 g/mol. The van der Waals surface area contributed by atoms with Crippen LogP contribution in [-0.2, 0) is 26.4 Å². The molecule has 4 amide bonds. The summed E-state index contributed by atoms with van der Waals surface area (Å²) in [5.74, 6) is -0.991. The van der Waals surface area contributed by atoms with E-state index in [0.717, 1.165) is 9.91 Å². The van der Waals surface area contributed by atoms with Crippen LogP contribution in [0.3, 0.4) is 0 Å². The number of carbonyl (C=O) groups excluding carboxylic acids is 4. The topological polar surface area (TPSA) is 114 Å². The number of imide groups is 1. The number of ether oxygens (including phenoxy) is 3. The molecular formula is C33H37N3O7. The molecule has 0 unspecified atom stereocenters. The average molecular weight is 588 g/mol. The molecule has 1 atom stereocenters. The van der Waals surface area contributed by atoms with E-state index >= 15 is 0 Å². The standard InChI is InChI=1S/C33H37N3O7/c1-31(2,3)42-29(39)34-36(30(40)43-32(4,5)6)33(23-16-12-9-13-17-23)26-19-18-24(41-7)20-25(26)27(37)35(28(33)38)21-22-14-10-8-11-15-22/h8-20H,21H2,1-7H3,(H,34,39)/t33-/m0/s1. The number of fused-ring (bicyclic) bond motifs is 1. The van der Waals surface area contributed by atoms with Gasteiger partial charge in [0.1, 0.15) is 17.0 Å². The molecule has 226 valence electrons. The van der Waals surface area contributed by atoms with Crippen LogP contribution < -0.4 is 10.2 Å². The van der Waals surface area contributed by atoms with Crippen molar-refractivity contribution in [3.63, 3.8) is 0 Å². The lowest BCUT2D eigenvalue weighted by Crippen LogP contribution is -2.68. The fourth-order valence-electron chi connectivity index (χ4n) is 4.87. The van der Waals surface area contributed by atoms with Gasteiger partial charge in [0.2, 0.25) is 0 Å². The number of carbonyl (C=O) groups is 4. The van der Waals surface area contributed by atoms with Crippen molar-refractivity contribution in [2.45, 2.75) is 64.8 Å². The molecule has 1 aliphatic heterocycles. The van der Waals surface area contributed by atoms with E-state index in [9.17, 15) is 19.2 Å². The van der Waals surface area contributed by atoms with E-state index in [0.29, 0.717) is 16.9 Å². The highest BCUT2D eigenvalue weighted by molar-refractivity contribution is 6.15. The molecule has 0 radical (unpaired) electrons. The van der Waals surface area contributed by atoms with E-state index < -0.39 is 40.7 Å². The van der Waals surface area contributed by atoms with E-state index in [4.69, 9.17) is 14.2 Å². The number of amides is 4. The molecule has 3 aromatic rings. The molecule has 1 aliphatic rings. The minimum Gasteiger partial charge on any atom is -0.497 e. The SMILES string of the molecule is COc1ccc2c(c1)C(=O)N(Cc1ccccc1)C(=O)[C@@]2(c1ccccc1)N(NC(=O)OC(C)(C)C)C(=O)OC(C)(C)C. The molecule has 0 bridgehead atoms. The van der Waals surface area contributed by atoms with Crippen LogP contribution in [0.2, 0.25) is 0 Å². The number of rotatable bonds is 5. The molecule has 0 fully saturated rings. The lowest BCUT2D eigenvalue weighted by atomic mass is 9.75. The normalized spacial score (nSPS) is 16.7. The summed E-state index contributed by atoms with van der Waals surface area (Å²) in [6.07, 6.45) is -2.03. The Bertz CT molecular complexity index is 1510. The third kappa shape index (κ3) is 6.48. The maximum absolute atomic E-state index is 15.0. The van der Waals surface area contributed by atoms with Gasteiger partial charge in [0.25, 0.3) is 11.8 Å². The van der Waals surface area contributed by atoms with Gasteiger partial charge in [-0.25, -0.2) is 15.0 Å². The predicted octanol–water partition coefficient (Wildman–Crippen LogP) is 5.80. The van der Waals surface area contributed by atoms with Gasteiger partial charge in [0.15, 0.2) is 5.54 Å². The van der Waals surface area contributed by atoms with E-state index in [1.807, 2.05) is 6.07 Å². The number of nitrogens with one attached hydrogen (secondary N) is 1. The van der Waals surface area contributed by atoms with E-state index in [1.54, 1.807) is 108 Å². The third-order valence-corrected chi connectivity index (χ3v) is 6.54. The fourth-order valence-corrected chi connectivity index (χ4v) is 4.87. The van der Waals surface area contributed by atoms with Crippen molar-refractivity contribution < 1.29 is 33.4 Å². The Kier molecular flexibility index (Phi) is 8.52. The van der Waals surface area contributed by atoms with Gasteiger partial charge in [-0.05, 0) is 64.8 Å². The first-order valence-electron chi connectivity index (χ1n) is 13.8. The lowest BCUT2D eigenvalue weighted by Gasteiger charge is -2.47. The van der Waals surface area contributed by atoms with E-state index in [-0.39, 0.29) is 17.7 Å². The summed E-state index contributed by atoms with van der Waals surface area (Å²) in [6, 6.07) is 22.1. The quantitative estimate of drug-likeness (QED) is 0.297. The lowest BCUT2D eigenvalue weighted by molar-refractivity contribution is -0.143. The van der Waals surface area contributed by atoms with Gasteiger partial charge < -0.3 is 14.2 Å². The number of hydrogen-bond acceptors (Lipinski definition) is 7. The van der Waals surface area contributed by atoms with Crippen molar-refractivity contribution in [1.29, 1.82) is 0 Å². The summed E-state index contributed by atoms with van der Waals surface area (Å²) < 4.78 is 16.7.